The second-order valence-corrected chi connectivity index (χ2v) is 6.38. The normalized spacial score (nSPS) is 19.8. The van der Waals surface area contributed by atoms with E-state index in [4.69, 9.17) is 0 Å². The molecule has 1 aliphatic carbocycles. The highest BCUT2D eigenvalue weighted by molar-refractivity contribution is 5.37. The number of rotatable bonds is 5. The molecule has 1 aromatic rings. The molecule has 1 atom stereocenters. The topological polar surface area (TPSA) is 52.5 Å². The maximum Gasteiger partial charge on any atom is 0.120 e. The summed E-state index contributed by atoms with van der Waals surface area (Å²) in [7, 11) is 0. The summed E-state index contributed by atoms with van der Waals surface area (Å²) in [5.74, 6) is 0.345. The minimum Gasteiger partial charge on any atom is -0.508 e. The summed E-state index contributed by atoms with van der Waals surface area (Å²) in [4.78, 5) is 0. The molecule has 0 heterocycles. The second-order valence-electron chi connectivity index (χ2n) is 6.38. The van der Waals surface area contributed by atoms with Crippen molar-refractivity contribution in [1.82, 2.24) is 5.32 Å². The summed E-state index contributed by atoms with van der Waals surface area (Å²) in [6.45, 7) is 5.18. The lowest BCUT2D eigenvalue weighted by molar-refractivity contribution is 0.0788. The lowest BCUT2D eigenvalue weighted by Gasteiger charge is -2.36. The van der Waals surface area contributed by atoms with Gasteiger partial charge in [0, 0.05) is 30.2 Å². The number of benzene rings is 1. The van der Waals surface area contributed by atoms with Gasteiger partial charge in [0.25, 0.3) is 0 Å². The van der Waals surface area contributed by atoms with Crippen LogP contribution in [0.1, 0.15) is 56.2 Å². The number of phenols is 1. The number of phenolic OH excluding ortho intramolecular Hbond substituents is 1. The van der Waals surface area contributed by atoms with Crippen LogP contribution < -0.4 is 5.32 Å². The Labute approximate surface area is 122 Å². The molecule has 0 aromatic heterocycles. The van der Waals surface area contributed by atoms with Crippen LogP contribution in [0.15, 0.2) is 18.2 Å². The minimum absolute atomic E-state index is 0.0337. The molecule has 0 amide bonds. The largest absolute Gasteiger partial charge is 0.508 e. The average molecular weight is 277 g/mol. The predicted molar refractivity (Wildman–Crippen MR) is 81.9 cm³/mol. The summed E-state index contributed by atoms with van der Waals surface area (Å²) in [6.07, 6.45) is 5.92. The molecule has 0 aliphatic heterocycles. The molecule has 2 rings (SSSR count). The molecule has 0 spiro atoms. The van der Waals surface area contributed by atoms with Crippen molar-refractivity contribution in [3.05, 3.63) is 29.3 Å². The number of aliphatic hydroxyl groups excluding tert-OH is 1. The molecule has 0 radical (unpaired) electrons. The number of aromatic hydroxyl groups is 1. The molecular weight excluding hydrogens is 250 g/mol. The molecule has 1 saturated carbocycles. The third-order valence-electron chi connectivity index (χ3n) is 4.68. The van der Waals surface area contributed by atoms with Gasteiger partial charge < -0.3 is 15.5 Å². The van der Waals surface area contributed by atoms with Crippen molar-refractivity contribution in [2.45, 2.75) is 52.0 Å². The van der Waals surface area contributed by atoms with Gasteiger partial charge in [-0.15, -0.1) is 0 Å². The van der Waals surface area contributed by atoms with Gasteiger partial charge in [0.2, 0.25) is 0 Å². The number of aryl methyl sites for hydroxylation is 1. The first kappa shape index (κ1) is 15.3. The summed E-state index contributed by atoms with van der Waals surface area (Å²) < 4.78 is 0. The van der Waals surface area contributed by atoms with Gasteiger partial charge in [0.05, 0.1) is 0 Å². The molecule has 0 saturated heterocycles. The summed E-state index contributed by atoms with van der Waals surface area (Å²) >= 11 is 0. The second kappa shape index (κ2) is 6.59. The zero-order valence-electron chi connectivity index (χ0n) is 12.7. The van der Waals surface area contributed by atoms with E-state index in [9.17, 15) is 10.2 Å². The SMILES string of the molecule is Cc1ccc(O)c(C(C)NCC2(CO)CCCCC2)c1. The third-order valence-corrected chi connectivity index (χ3v) is 4.68. The van der Waals surface area contributed by atoms with Gasteiger partial charge in [-0.3, -0.25) is 0 Å². The molecule has 1 unspecified atom stereocenters. The number of nitrogens with one attached hydrogen (secondary N) is 1. The van der Waals surface area contributed by atoms with Gasteiger partial charge in [-0.25, -0.2) is 0 Å². The van der Waals surface area contributed by atoms with E-state index in [0.29, 0.717) is 5.75 Å². The number of aliphatic hydroxyl groups is 1. The van der Waals surface area contributed by atoms with E-state index < -0.39 is 0 Å². The fraction of sp³-hybridized carbons (Fsp3) is 0.647. The maximum absolute atomic E-state index is 9.97. The van der Waals surface area contributed by atoms with Crippen molar-refractivity contribution < 1.29 is 10.2 Å². The molecule has 3 nitrogen and oxygen atoms in total. The van der Waals surface area contributed by atoms with E-state index in [1.54, 1.807) is 6.07 Å². The first-order chi connectivity index (χ1) is 9.56. The van der Waals surface area contributed by atoms with E-state index in [2.05, 4.69) is 12.2 Å². The Bertz CT molecular complexity index is 439. The van der Waals surface area contributed by atoms with Crippen LogP contribution in [0, 0.1) is 12.3 Å². The molecular formula is C17H27NO2. The highest BCUT2D eigenvalue weighted by atomic mass is 16.3. The summed E-state index contributed by atoms with van der Waals surface area (Å²) in [5, 5.41) is 23.2. The van der Waals surface area contributed by atoms with Crippen molar-refractivity contribution in [2.24, 2.45) is 5.41 Å². The monoisotopic (exact) mass is 277 g/mol. The van der Waals surface area contributed by atoms with Crippen LogP contribution >= 0.6 is 0 Å². The molecule has 3 N–H and O–H groups in total. The van der Waals surface area contributed by atoms with Crippen molar-refractivity contribution in [2.75, 3.05) is 13.2 Å². The van der Waals surface area contributed by atoms with Gasteiger partial charge in [-0.2, -0.15) is 0 Å². The average Bonchev–Trinajstić information content (AvgIpc) is 2.48. The Morgan fingerprint density at radius 1 is 1.25 bits per heavy atom. The summed E-state index contributed by atoms with van der Waals surface area (Å²) in [5.41, 5.74) is 2.13. The van der Waals surface area contributed by atoms with Gasteiger partial charge in [0.15, 0.2) is 0 Å². The zero-order chi connectivity index (χ0) is 14.6. The highest BCUT2D eigenvalue weighted by Gasteiger charge is 2.31. The molecule has 112 valence electrons. The minimum atomic E-state index is 0.0337. The van der Waals surface area contributed by atoms with Crippen molar-refractivity contribution in [3.8, 4) is 5.75 Å². The first-order valence-corrected chi connectivity index (χ1v) is 7.70. The molecule has 1 aliphatic rings. The van der Waals surface area contributed by atoms with Crippen LogP contribution in [0.5, 0.6) is 5.75 Å². The fourth-order valence-corrected chi connectivity index (χ4v) is 3.19. The highest BCUT2D eigenvalue weighted by Crippen LogP contribution is 2.36. The molecule has 20 heavy (non-hydrogen) atoms. The van der Waals surface area contributed by atoms with Crippen LogP contribution in [-0.2, 0) is 0 Å². The Morgan fingerprint density at radius 3 is 2.60 bits per heavy atom. The smallest absolute Gasteiger partial charge is 0.120 e. The maximum atomic E-state index is 9.97. The molecule has 0 bridgehead atoms. The lowest BCUT2D eigenvalue weighted by Crippen LogP contribution is -2.40. The van der Waals surface area contributed by atoms with E-state index in [0.717, 1.165) is 30.5 Å². The quantitative estimate of drug-likeness (QED) is 0.774. The fourth-order valence-electron chi connectivity index (χ4n) is 3.19. The Hall–Kier alpha value is -1.06. The van der Waals surface area contributed by atoms with E-state index in [-0.39, 0.29) is 18.1 Å². The van der Waals surface area contributed by atoms with E-state index in [1.165, 1.54) is 19.3 Å². The van der Waals surface area contributed by atoms with Gasteiger partial charge in [-0.05, 0) is 32.8 Å². The lowest BCUT2D eigenvalue weighted by atomic mass is 9.74. The standard InChI is InChI=1S/C17H27NO2/c1-13-6-7-16(20)15(10-13)14(2)18-11-17(12-19)8-4-3-5-9-17/h6-7,10,14,18-20H,3-5,8-9,11-12H2,1-2H3. The zero-order valence-corrected chi connectivity index (χ0v) is 12.7. The Morgan fingerprint density at radius 2 is 1.95 bits per heavy atom. The van der Waals surface area contributed by atoms with Crippen molar-refractivity contribution in [1.29, 1.82) is 0 Å². The summed E-state index contributed by atoms with van der Waals surface area (Å²) in [6, 6.07) is 5.80. The number of hydrogen-bond acceptors (Lipinski definition) is 3. The molecule has 1 fully saturated rings. The van der Waals surface area contributed by atoms with E-state index >= 15 is 0 Å². The van der Waals surface area contributed by atoms with E-state index in [1.807, 2.05) is 19.1 Å². The molecule has 3 heteroatoms. The van der Waals surface area contributed by atoms with Gasteiger partial charge >= 0.3 is 0 Å². The van der Waals surface area contributed by atoms with Crippen LogP contribution in [0.3, 0.4) is 0 Å². The predicted octanol–water partition coefficient (Wildman–Crippen LogP) is 3.29. The Balaban J connectivity index is 2.00. The van der Waals surface area contributed by atoms with Crippen LogP contribution in [0.25, 0.3) is 0 Å². The van der Waals surface area contributed by atoms with Crippen molar-refractivity contribution >= 4 is 0 Å². The Kier molecular flexibility index (Phi) is 5.06. The van der Waals surface area contributed by atoms with Gasteiger partial charge in [0.1, 0.15) is 5.75 Å². The van der Waals surface area contributed by atoms with Gasteiger partial charge in [-0.1, -0.05) is 37.0 Å². The third kappa shape index (κ3) is 3.53. The van der Waals surface area contributed by atoms with Crippen molar-refractivity contribution in [3.63, 3.8) is 0 Å². The van der Waals surface area contributed by atoms with Crippen LogP contribution in [0.4, 0.5) is 0 Å². The molecule has 1 aromatic carbocycles. The van der Waals surface area contributed by atoms with Crippen LogP contribution in [0.2, 0.25) is 0 Å². The van der Waals surface area contributed by atoms with Crippen LogP contribution in [-0.4, -0.2) is 23.4 Å². The number of hydrogen-bond donors (Lipinski definition) is 3. The first-order valence-electron chi connectivity index (χ1n) is 7.70.